The highest BCUT2D eigenvalue weighted by Gasteiger charge is 2.45. The van der Waals surface area contributed by atoms with Crippen molar-refractivity contribution in [1.82, 2.24) is 29.7 Å². The number of fused-ring (bicyclic) bond motifs is 3. The minimum atomic E-state index is -3.69. The molecular formula is C19H23N7O4S. The Balaban J connectivity index is 1.66. The Morgan fingerprint density at radius 3 is 2.58 bits per heavy atom. The van der Waals surface area contributed by atoms with E-state index < -0.39 is 16.4 Å². The predicted octanol–water partition coefficient (Wildman–Crippen LogP) is 0.334. The second kappa shape index (κ2) is 7.02. The smallest absolute Gasteiger partial charge is 0.248 e. The summed E-state index contributed by atoms with van der Waals surface area (Å²) in [5, 5.41) is 20.3. The lowest BCUT2D eigenvalue weighted by molar-refractivity contribution is -0.138. The Morgan fingerprint density at radius 1 is 1.29 bits per heavy atom. The quantitative estimate of drug-likeness (QED) is 0.518. The topological polar surface area (TPSA) is 160 Å². The van der Waals surface area contributed by atoms with Crippen LogP contribution in [-0.2, 0) is 14.6 Å². The highest BCUT2D eigenvalue weighted by molar-refractivity contribution is 7.91. The van der Waals surface area contributed by atoms with Crippen molar-refractivity contribution in [2.75, 3.05) is 18.6 Å². The summed E-state index contributed by atoms with van der Waals surface area (Å²) in [5.41, 5.74) is 8.66. The molecule has 164 valence electrons. The first-order chi connectivity index (χ1) is 14.8. The third-order valence-electron chi connectivity index (χ3n) is 6.39. The normalized spacial score (nSPS) is 23.5. The van der Waals surface area contributed by atoms with E-state index in [1.165, 1.54) is 4.52 Å². The average molecular weight is 446 g/mol. The fourth-order valence-corrected chi connectivity index (χ4v) is 6.22. The molecule has 5 rings (SSSR count). The first-order valence-corrected chi connectivity index (χ1v) is 12.0. The van der Waals surface area contributed by atoms with Crippen LogP contribution in [0.2, 0.25) is 0 Å². The van der Waals surface area contributed by atoms with Crippen LogP contribution in [0.5, 0.6) is 0 Å². The van der Waals surface area contributed by atoms with Crippen LogP contribution in [0, 0.1) is 0 Å². The summed E-state index contributed by atoms with van der Waals surface area (Å²) in [4.78, 5) is 18.7. The number of hydrogen-bond donors (Lipinski definition) is 3. The van der Waals surface area contributed by atoms with E-state index in [1.807, 2.05) is 0 Å². The van der Waals surface area contributed by atoms with E-state index in [4.69, 9.17) is 10.7 Å². The third-order valence-corrected chi connectivity index (χ3v) is 7.55. The maximum Gasteiger partial charge on any atom is 0.248 e. The first kappa shape index (κ1) is 19.9. The van der Waals surface area contributed by atoms with Crippen molar-refractivity contribution in [2.24, 2.45) is 0 Å². The summed E-state index contributed by atoms with van der Waals surface area (Å²) in [6.45, 7) is -0.521. The van der Waals surface area contributed by atoms with Gasteiger partial charge in [0.15, 0.2) is 15.5 Å². The molecule has 11 nitrogen and oxygen atoms in total. The van der Waals surface area contributed by atoms with Gasteiger partial charge in [0.25, 0.3) is 0 Å². The number of piperidine rings is 1. The number of aromatic nitrogens is 5. The number of hydrogen-bond acceptors (Lipinski definition) is 8. The molecule has 0 unspecified atom stereocenters. The van der Waals surface area contributed by atoms with Crippen molar-refractivity contribution in [3.8, 4) is 11.1 Å². The maximum absolute atomic E-state index is 12.7. The standard InChI is InChI=1S/C19H23N7O4S/c1-31(29,30)17-16(10-4-12-2-3-13(5-10)25(12)15(28)9-27)24-19-14(11-6-21-22-7-11)8-23-26(19)18(17)20/h6-8,10,12-13,27H,2-5,9,20H2,1H3,(H,21,22)/t10-,12+,13-. The van der Waals surface area contributed by atoms with Gasteiger partial charge in [0.2, 0.25) is 5.91 Å². The Labute approximate surface area is 178 Å². The molecule has 2 aliphatic heterocycles. The Morgan fingerprint density at radius 2 is 2.00 bits per heavy atom. The zero-order chi connectivity index (χ0) is 21.9. The number of nitrogens with one attached hydrogen (secondary N) is 1. The van der Waals surface area contributed by atoms with Crippen LogP contribution in [0.3, 0.4) is 0 Å². The van der Waals surface area contributed by atoms with Crippen LogP contribution < -0.4 is 5.73 Å². The van der Waals surface area contributed by atoms with Gasteiger partial charge >= 0.3 is 0 Å². The lowest BCUT2D eigenvalue weighted by Crippen LogP contribution is -2.47. The number of aliphatic hydroxyl groups excluding tert-OH is 1. The van der Waals surface area contributed by atoms with E-state index >= 15 is 0 Å². The van der Waals surface area contributed by atoms with Gasteiger partial charge in [-0.1, -0.05) is 0 Å². The summed E-state index contributed by atoms with van der Waals surface area (Å²) < 4.78 is 26.8. The van der Waals surface area contributed by atoms with E-state index in [0.29, 0.717) is 29.7 Å². The molecule has 2 fully saturated rings. The number of nitrogen functional groups attached to an aromatic ring is 1. The van der Waals surface area contributed by atoms with Crippen molar-refractivity contribution < 1.29 is 18.3 Å². The summed E-state index contributed by atoms with van der Waals surface area (Å²) >= 11 is 0. The minimum Gasteiger partial charge on any atom is -0.387 e. The van der Waals surface area contributed by atoms with Gasteiger partial charge in [0, 0.05) is 41.6 Å². The number of carbonyl (C=O) groups excluding carboxylic acids is 1. The number of sulfone groups is 1. The Kier molecular flexibility index (Phi) is 4.52. The van der Waals surface area contributed by atoms with Gasteiger partial charge in [-0.05, 0) is 25.7 Å². The molecular weight excluding hydrogens is 422 g/mol. The number of amides is 1. The molecule has 0 aromatic carbocycles. The Hall–Kier alpha value is -2.99. The molecule has 5 heterocycles. The largest absolute Gasteiger partial charge is 0.387 e. The van der Waals surface area contributed by atoms with E-state index in [2.05, 4.69) is 15.3 Å². The second-order valence-corrected chi connectivity index (χ2v) is 10.2. The monoisotopic (exact) mass is 445 g/mol. The molecule has 0 radical (unpaired) electrons. The molecule has 3 atom stereocenters. The molecule has 31 heavy (non-hydrogen) atoms. The molecule has 3 aromatic rings. The maximum atomic E-state index is 12.7. The van der Waals surface area contributed by atoms with E-state index in [-0.39, 0.29) is 34.6 Å². The van der Waals surface area contributed by atoms with Crippen molar-refractivity contribution in [1.29, 1.82) is 0 Å². The number of nitrogens with two attached hydrogens (primary N) is 1. The number of aliphatic hydroxyl groups is 1. The number of anilines is 1. The number of rotatable bonds is 4. The van der Waals surface area contributed by atoms with E-state index in [9.17, 15) is 18.3 Å². The summed E-state index contributed by atoms with van der Waals surface area (Å²) in [5.74, 6) is -0.432. The molecule has 3 aromatic heterocycles. The van der Waals surface area contributed by atoms with Crippen molar-refractivity contribution in [3.05, 3.63) is 24.3 Å². The SMILES string of the molecule is CS(=O)(=O)c1c([C@H]2C[C@H]3CC[C@@H](C2)N3C(=O)CO)nc2c(-c3cn[nH]c3)cnn2c1N. The molecule has 2 saturated heterocycles. The molecule has 1 amide bonds. The van der Waals surface area contributed by atoms with Crippen LogP contribution in [0.1, 0.15) is 37.3 Å². The zero-order valence-electron chi connectivity index (χ0n) is 16.9. The van der Waals surface area contributed by atoms with Gasteiger partial charge in [-0.25, -0.2) is 13.4 Å². The molecule has 0 aliphatic carbocycles. The summed E-state index contributed by atoms with van der Waals surface area (Å²) in [6.07, 6.45) is 8.85. The highest BCUT2D eigenvalue weighted by Crippen LogP contribution is 2.45. The number of nitrogens with zero attached hydrogens (tertiary/aromatic N) is 5. The van der Waals surface area contributed by atoms with Gasteiger partial charge in [0.05, 0.1) is 18.1 Å². The van der Waals surface area contributed by atoms with Gasteiger partial charge in [-0.3, -0.25) is 9.89 Å². The van der Waals surface area contributed by atoms with Crippen LogP contribution in [0.15, 0.2) is 23.5 Å². The van der Waals surface area contributed by atoms with Gasteiger partial charge in [0.1, 0.15) is 17.3 Å². The third kappa shape index (κ3) is 3.08. The summed E-state index contributed by atoms with van der Waals surface area (Å²) in [7, 11) is -3.69. The lowest BCUT2D eigenvalue weighted by atomic mass is 9.87. The average Bonchev–Trinajstić information content (AvgIpc) is 3.44. The minimum absolute atomic E-state index is 0.00632. The fourth-order valence-electron chi connectivity index (χ4n) is 5.17. The van der Waals surface area contributed by atoms with Crippen molar-refractivity contribution in [2.45, 2.75) is 48.6 Å². The molecule has 2 bridgehead atoms. The van der Waals surface area contributed by atoms with Crippen molar-refractivity contribution >= 4 is 27.2 Å². The zero-order valence-corrected chi connectivity index (χ0v) is 17.7. The number of H-pyrrole nitrogens is 1. The molecule has 0 spiro atoms. The highest BCUT2D eigenvalue weighted by atomic mass is 32.2. The van der Waals surface area contributed by atoms with Crippen LogP contribution in [-0.4, -0.2) is 74.1 Å². The first-order valence-electron chi connectivity index (χ1n) is 10.1. The van der Waals surface area contributed by atoms with Gasteiger partial charge in [-0.2, -0.15) is 14.7 Å². The molecule has 0 saturated carbocycles. The predicted molar refractivity (Wildman–Crippen MR) is 111 cm³/mol. The lowest BCUT2D eigenvalue weighted by Gasteiger charge is -2.39. The second-order valence-electron chi connectivity index (χ2n) is 8.28. The molecule has 2 aliphatic rings. The van der Waals surface area contributed by atoms with Gasteiger partial charge in [-0.15, -0.1) is 0 Å². The van der Waals surface area contributed by atoms with Crippen LogP contribution >= 0.6 is 0 Å². The van der Waals surface area contributed by atoms with Crippen LogP contribution in [0.25, 0.3) is 16.8 Å². The van der Waals surface area contributed by atoms with Crippen LogP contribution in [0.4, 0.5) is 5.82 Å². The molecule has 4 N–H and O–H groups in total. The van der Waals surface area contributed by atoms with E-state index in [1.54, 1.807) is 23.5 Å². The number of carbonyl (C=O) groups is 1. The fraction of sp³-hybridized carbons (Fsp3) is 0.474. The summed E-state index contributed by atoms with van der Waals surface area (Å²) in [6, 6.07) is -0.0957. The van der Waals surface area contributed by atoms with E-state index in [0.717, 1.165) is 24.7 Å². The number of aromatic amines is 1. The molecule has 12 heteroatoms. The van der Waals surface area contributed by atoms with Crippen molar-refractivity contribution in [3.63, 3.8) is 0 Å². The Bertz CT molecular complexity index is 1250. The van der Waals surface area contributed by atoms with Gasteiger partial charge < -0.3 is 15.7 Å².